The standard InChI is InChI=1S/C18H14ClN5O2/c1-24-5-4-10(9-24)2-3-11-6-12(11)13-7-15(22-23-16(13)19)14-8-20-18(26)21-17(14)25/h4-5,7-9,11-12H,6H2,1H3,(H2,20,21,25,26)/t11-,12-/m0/s1. The first kappa shape index (κ1) is 16.4. The van der Waals surface area contributed by atoms with Gasteiger partial charge in [-0.25, -0.2) is 4.79 Å². The molecule has 2 N–H and O–H groups in total. The highest BCUT2D eigenvalue weighted by Gasteiger charge is 2.39. The number of nitrogens with zero attached hydrogens (tertiary/aromatic N) is 3. The Labute approximate surface area is 153 Å². The number of halogens is 1. The summed E-state index contributed by atoms with van der Waals surface area (Å²) in [5, 5.41) is 8.23. The second-order valence-electron chi connectivity index (χ2n) is 6.25. The topological polar surface area (TPSA) is 96.4 Å². The van der Waals surface area contributed by atoms with E-state index >= 15 is 0 Å². The number of hydrogen-bond donors (Lipinski definition) is 2. The Bertz CT molecular complexity index is 1160. The lowest BCUT2D eigenvalue weighted by Gasteiger charge is -2.04. The molecule has 0 spiro atoms. The van der Waals surface area contributed by atoms with Crippen LogP contribution in [0.5, 0.6) is 0 Å². The molecule has 1 fully saturated rings. The normalized spacial score (nSPS) is 18.2. The lowest BCUT2D eigenvalue weighted by molar-refractivity contribution is 0.927. The molecule has 0 radical (unpaired) electrons. The van der Waals surface area contributed by atoms with Gasteiger partial charge in [-0.15, -0.1) is 10.2 Å². The van der Waals surface area contributed by atoms with E-state index < -0.39 is 11.2 Å². The molecule has 26 heavy (non-hydrogen) atoms. The second kappa shape index (κ2) is 6.32. The van der Waals surface area contributed by atoms with Crippen LogP contribution in [0.2, 0.25) is 5.15 Å². The predicted molar refractivity (Wildman–Crippen MR) is 96.9 cm³/mol. The van der Waals surface area contributed by atoms with Gasteiger partial charge in [0.1, 0.15) is 5.69 Å². The SMILES string of the molecule is Cn1ccc(C#C[C@H]2C[C@@H]2c2cc(-c3c[nH]c(=O)[nH]c3=O)nnc2Cl)c1. The van der Waals surface area contributed by atoms with Crippen molar-refractivity contribution in [3.05, 3.63) is 67.8 Å². The van der Waals surface area contributed by atoms with E-state index in [1.54, 1.807) is 6.07 Å². The predicted octanol–water partition coefficient (Wildman–Crippen LogP) is 1.67. The van der Waals surface area contributed by atoms with Gasteiger partial charge in [0.2, 0.25) is 0 Å². The van der Waals surface area contributed by atoms with Gasteiger partial charge in [0.15, 0.2) is 5.15 Å². The molecule has 8 heteroatoms. The van der Waals surface area contributed by atoms with Crippen molar-refractivity contribution < 1.29 is 0 Å². The van der Waals surface area contributed by atoms with Gasteiger partial charge in [-0.1, -0.05) is 23.4 Å². The molecule has 1 saturated carbocycles. The fourth-order valence-electron chi connectivity index (χ4n) is 2.83. The van der Waals surface area contributed by atoms with Crippen LogP contribution in [-0.2, 0) is 7.05 Å². The second-order valence-corrected chi connectivity index (χ2v) is 6.60. The Morgan fingerprint density at radius 3 is 2.92 bits per heavy atom. The van der Waals surface area contributed by atoms with Crippen molar-refractivity contribution in [1.29, 1.82) is 0 Å². The van der Waals surface area contributed by atoms with Crippen molar-refractivity contribution in [1.82, 2.24) is 24.7 Å². The number of H-pyrrole nitrogens is 2. The van der Waals surface area contributed by atoms with Crippen molar-refractivity contribution in [3.8, 4) is 23.1 Å². The first-order chi connectivity index (χ1) is 12.5. The van der Waals surface area contributed by atoms with Gasteiger partial charge in [0.05, 0.1) is 5.56 Å². The summed E-state index contributed by atoms with van der Waals surface area (Å²) in [5.74, 6) is 6.77. The molecule has 0 aromatic carbocycles. The van der Waals surface area contributed by atoms with Gasteiger partial charge in [-0.2, -0.15) is 0 Å². The summed E-state index contributed by atoms with van der Waals surface area (Å²) in [5.41, 5.74) is 1.30. The maximum absolute atomic E-state index is 11.9. The van der Waals surface area contributed by atoms with Gasteiger partial charge in [0, 0.05) is 43.0 Å². The van der Waals surface area contributed by atoms with Crippen LogP contribution in [0.1, 0.15) is 23.5 Å². The molecule has 0 bridgehead atoms. The van der Waals surface area contributed by atoms with Gasteiger partial charge in [-0.05, 0) is 24.1 Å². The van der Waals surface area contributed by atoms with Crippen LogP contribution in [0.15, 0.2) is 40.3 Å². The number of hydrogen-bond acceptors (Lipinski definition) is 4. The van der Waals surface area contributed by atoms with Crippen LogP contribution in [0.3, 0.4) is 0 Å². The van der Waals surface area contributed by atoms with Crippen LogP contribution in [0, 0.1) is 17.8 Å². The summed E-state index contributed by atoms with van der Waals surface area (Å²) in [6.45, 7) is 0. The van der Waals surface area contributed by atoms with E-state index in [0.717, 1.165) is 17.5 Å². The van der Waals surface area contributed by atoms with Crippen LogP contribution in [0.25, 0.3) is 11.3 Å². The third kappa shape index (κ3) is 3.19. The van der Waals surface area contributed by atoms with E-state index in [0.29, 0.717) is 10.8 Å². The minimum atomic E-state index is -0.570. The highest BCUT2D eigenvalue weighted by atomic mass is 35.5. The third-order valence-electron chi connectivity index (χ3n) is 4.29. The molecule has 7 nitrogen and oxygen atoms in total. The summed E-state index contributed by atoms with van der Waals surface area (Å²) in [7, 11) is 1.95. The summed E-state index contributed by atoms with van der Waals surface area (Å²) < 4.78 is 1.95. The molecule has 0 saturated heterocycles. The zero-order valence-electron chi connectivity index (χ0n) is 13.8. The molecule has 0 unspecified atom stereocenters. The van der Waals surface area contributed by atoms with E-state index in [1.165, 1.54) is 6.20 Å². The molecule has 0 amide bonds. The average Bonchev–Trinajstić information content (AvgIpc) is 3.26. The number of nitrogens with one attached hydrogen (secondary N) is 2. The van der Waals surface area contributed by atoms with E-state index in [-0.39, 0.29) is 17.4 Å². The average molecular weight is 368 g/mol. The Kier molecular flexibility index (Phi) is 3.98. The summed E-state index contributed by atoms with van der Waals surface area (Å²) in [6.07, 6.45) is 6.12. The fraction of sp³-hybridized carbons (Fsp3) is 0.222. The monoisotopic (exact) mass is 367 g/mol. The van der Waals surface area contributed by atoms with Gasteiger partial charge < -0.3 is 9.55 Å². The minimum Gasteiger partial charge on any atom is -0.356 e. The summed E-state index contributed by atoms with van der Waals surface area (Å²) in [6, 6.07) is 3.71. The van der Waals surface area contributed by atoms with Gasteiger partial charge in [0.25, 0.3) is 5.56 Å². The van der Waals surface area contributed by atoms with Crippen LogP contribution < -0.4 is 11.2 Å². The smallest absolute Gasteiger partial charge is 0.325 e. The lowest BCUT2D eigenvalue weighted by Crippen LogP contribution is -2.23. The number of aromatic amines is 2. The Morgan fingerprint density at radius 2 is 2.19 bits per heavy atom. The van der Waals surface area contributed by atoms with Gasteiger partial charge in [-0.3, -0.25) is 9.78 Å². The molecule has 130 valence electrons. The Balaban J connectivity index is 1.61. The maximum atomic E-state index is 11.9. The molecule has 0 aliphatic heterocycles. The Hall–Kier alpha value is -3.11. The van der Waals surface area contributed by atoms with Crippen LogP contribution in [0.4, 0.5) is 0 Å². The van der Waals surface area contributed by atoms with Crippen molar-refractivity contribution in [3.63, 3.8) is 0 Å². The molecule has 1 aliphatic carbocycles. The van der Waals surface area contributed by atoms with Crippen molar-refractivity contribution in [2.75, 3.05) is 0 Å². The number of rotatable bonds is 2. The first-order valence-electron chi connectivity index (χ1n) is 8.00. The third-order valence-corrected chi connectivity index (χ3v) is 4.59. The van der Waals surface area contributed by atoms with Gasteiger partial charge >= 0.3 is 5.69 Å². The van der Waals surface area contributed by atoms with E-state index in [9.17, 15) is 9.59 Å². The molecular weight excluding hydrogens is 354 g/mol. The Morgan fingerprint density at radius 1 is 1.35 bits per heavy atom. The minimum absolute atomic E-state index is 0.162. The number of aromatic nitrogens is 5. The molecule has 4 rings (SSSR count). The first-order valence-corrected chi connectivity index (χ1v) is 8.38. The van der Waals surface area contributed by atoms with Crippen LogP contribution >= 0.6 is 11.6 Å². The zero-order chi connectivity index (χ0) is 18.3. The van der Waals surface area contributed by atoms with E-state index in [2.05, 4.69) is 32.0 Å². The summed E-state index contributed by atoms with van der Waals surface area (Å²) in [4.78, 5) is 27.7. The molecule has 2 atom stereocenters. The molecule has 3 aromatic heterocycles. The molecule has 3 heterocycles. The quantitative estimate of drug-likeness (QED) is 0.673. The molecular formula is C18H14ClN5O2. The van der Waals surface area contributed by atoms with E-state index in [1.807, 2.05) is 30.1 Å². The molecule has 3 aromatic rings. The van der Waals surface area contributed by atoms with Crippen molar-refractivity contribution in [2.24, 2.45) is 13.0 Å². The van der Waals surface area contributed by atoms with E-state index in [4.69, 9.17) is 11.6 Å². The lowest BCUT2D eigenvalue weighted by atomic mass is 10.1. The largest absolute Gasteiger partial charge is 0.356 e. The fourth-order valence-corrected chi connectivity index (χ4v) is 3.07. The van der Waals surface area contributed by atoms with Crippen LogP contribution in [-0.4, -0.2) is 24.7 Å². The zero-order valence-corrected chi connectivity index (χ0v) is 14.5. The highest BCUT2D eigenvalue weighted by molar-refractivity contribution is 6.30. The van der Waals surface area contributed by atoms with Crippen molar-refractivity contribution >= 4 is 11.6 Å². The molecule has 1 aliphatic rings. The highest BCUT2D eigenvalue weighted by Crippen LogP contribution is 2.49. The van der Waals surface area contributed by atoms with Crippen molar-refractivity contribution in [2.45, 2.75) is 12.3 Å². The summed E-state index contributed by atoms with van der Waals surface area (Å²) >= 11 is 6.20. The maximum Gasteiger partial charge on any atom is 0.325 e. The number of aryl methyl sites for hydroxylation is 1.